The Morgan fingerprint density at radius 3 is 2.13 bits per heavy atom. The normalized spacial score (nSPS) is 36.0. The Balaban J connectivity index is 1.40. The zero-order valence-electron chi connectivity index (χ0n) is 14.2. The first kappa shape index (κ1) is 15.6. The van der Waals surface area contributed by atoms with Crippen LogP contribution in [0.2, 0.25) is 0 Å². The molecule has 5 rings (SSSR count). The molecular formula is C20H27NOS. The molecule has 1 aromatic carbocycles. The van der Waals surface area contributed by atoms with Crippen molar-refractivity contribution >= 4 is 23.4 Å². The molecule has 1 aromatic rings. The Bertz CT molecular complexity index is 559. The lowest BCUT2D eigenvalue weighted by Gasteiger charge is -2.57. The van der Waals surface area contributed by atoms with Gasteiger partial charge >= 0.3 is 0 Å². The van der Waals surface area contributed by atoms with Gasteiger partial charge in [0.2, 0.25) is 5.91 Å². The van der Waals surface area contributed by atoms with E-state index < -0.39 is 0 Å². The largest absolute Gasteiger partial charge is 0.325 e. The number of carbonyl (C=O) groups excluding carboxylic acids is 1. The maximum Gasteiger partial charge on any atom is 0.237 e. The summed E-state index contributed by atoms with van der Waals surface area (Å²) in [4.78, 5) is 12.6. The van der Waals surface area contributed by atoms with Crippen LogP contribution in [0.1, 0.15) is 51.0 Å². The number of amides is 1. The van der Waals surface area contributed by atoms with Crippen molar-refractivity contribution in [3.05, 3.63) is 29.8 Å². The maximum atomic E-state index is 12.6. The van der Waals surface area contributed by atoms with Crippen molar-refractivity contribution in [3.8, 4) is 0 Å². The van der Waals surface area contributed by atoms with E-state index in [-0.39, 0.29) is 11.2 Å². The van der Waals surface area contributed by atoms with Gasteiger partial charge in [0.05, 0.1) is 5.25 Å². The molecule has 0 heterocycles. The minimum Gasteiger partial charge on any atom is -0.325 e. The Morgan fingerprint density at radius 2 is 1.61 bits per heavy atom. The summed E-state index contributed by atoms with van der Waals surface area (Å²) in [5.74, 6) is 3.00. The molecule has 2 nitrogen and oxygen atoms in total. The van der Waals surface area contributed by atoms with Gasteiger partial charge in [-0.3, -0.25) is 4.79 Å². The van der Waals surface area contributed by atoms with Crippen molar-refractivity contribution in [2.45, 2.75) is 62.4 Å². The number of rotatable bonds is 4. The van der Waals surface area contributed by atoms with Crippen LogP contribution in [-0.2, 0) is 4.79 Å². The fourth-order valence-electron chi connectivity index (χ4n) is 5.48. The molecule has 1 atom stereocenters. The first-order chi connectivity index (χ1) is 11.0. The minimum absolute atomic E-state index is 0.0348. The summed E-state index contributed by atoms with van der Waals surface area (Å²) >= 11 is 1.98. The predicted molar refractivity (Wildman–Crippen MR) is 97.8 cm³/mol. The molecule has 3 heteroatoms. The van der Waals surface area contributed by atoms with Crippen molar-refractivity contribution in [1.29, 1.82) is 0 Å². The molecule has 4 aliphatic carbocycles. The average molecular weight is 330 g/mol. The third kappa shape index (κ3) is 3.17. The van der Waals surface area contributed by atoms with Crippen LogP contribution in [0.5, 0.6) is 0 Å². The van der Waals surface area contributed by atoms with Crippen molar-refractivity contribution in [2.24, 2.45) is 17.8 Å². The van der Waals surface area contributed by atoms with E-state index in [1.165, 1.54) is 44.1 Å². The molecule has 4 aliphatic rings. The first-order valence-electron chi connectivity index (χ1n) is 9.07. The van der Waals surface area contributed by atoms with Gasteiger partial charge in [-0.1, -0.05) is 17.7 Å². The van der Waals surface area contributed by atoms with E-state index in [1.807, 2.05) is 36.0 Å². The summed E-state index contributed by atoms with van der Waals surface area (Å²) in [5, 5.41) is 3.13. The monoisotopic (exact) mass is 329 g/mol. The Labute approximate surface area is 143 Å². The van der Waals surface area contributed by atoms with Crippen molar-refractivity contribution in [2.75, 3.05) is 5.32 Å². The van der Waals surface area contributed by atoms with Gasteiger partial charge < -0.3 is 5.32 Å². The van der Waals surface area contributed by atoms with Crippen molar-refractivity contribution < 1.29 is 4.79 Å². The van der Waals surface area contributed by atoms with Gasteiger partial charge in [-0.15, -0.1) is 11.8 Å². The van der Waals surface area contributed by atoms with Crippen LogP contribution in [0.3, 0.4) is 0 Å². The summed E-state index contributed by atoms with van der Waals surface area (Å²) in [7, 11) is 0. The molecular weight excluding hydrogens is 302 g/mol. The topological polar surface area (TPSA) is 29.1 Å². The molecule has 4 fully saturated rings. The van der Waals surface area contributed by atoms with Gasteiger partial charge in [0.15, 0.2) is 0 Å². The van der Waals surface area contributed by atoms with Gasteiger partial charge in [-0.25, -0.2) is 0 Å². The lowest BCUT2D eigenvalue weighted by Crippen LogP contribution is -2.49. The van der Waals surface area contributed by atoms with E-state index in [1.54, 1.807) is 0 Å². The third-order valence-corrected chi connectivity index (χ3v) is 7.66. The van der Waals surface area contributed by atoms with Gasteiger partial charge in [0, 0.05) is 10.4 Å². The molecule has 0 aliphatic heterocycles. The van der Waals surface area contributed by atoms with Crippen LogP contribution in [-0.4, -0.2) is 15.9 Å². The van der Waals surface area contributed by atoms with Gasteiger partial charge in [-0.05, 0) is 82.3 Å². The highest BCUT2D eigenvalue weighted by molar-refractivity contribution is 8.01. The van der Waals surface area contributed by atoms with Gasteiger partial charge in [0.25, 0.3) is 0 Å². The average Bonchev–Trinajstić information content (AvgIpc) is 2.47. The summed E-state index contributed by atoms with van der Waals surface area (Å²) < 4.78 is 0.402. The fourth-order valence-corrected chi connectivity index (χ4v) is 7.40. The Hall–Kier alpha value is -0.960. The molecule has 0 saturated heterocycles. The van der Waals surface area contributed by atoms with Crippen molar-refractivity contribution in [1.82, 2.24) is 0 Å². The van der Waals surface area contributed by atoms with Crippen LogP contribution in [0.25, 0.3) is 0 Å². The molecule has 1 amide bonds. The molecule has 124 valence electrons. The number of anilines is 1. The van der Waals surface area contributed by atoms with Crippen LogP contribution < -0.4 is 5.32 Å². The summed E-state index contributed by atoms with van der Waals surface area (Å²) in [6, 6.07) is 8.09. The SMILES string of the molecule is Cc1ccc(NC(=O)[C@H](C)SC23CC4CC(CC(C4)C2)C3)cc1. The molecule has 0 aromatic heterocycles. The zero-order valence-corrected chi connectivity index (χ0v) is 15.0. The quantitative estimate of drug-likeness (QED) is 0.840. The van der Waals surface area contributed by atoms with E-state index in [9.17, 15) is 4.79 Å². The standard InChI is InChI=1S/C20H27NOS/c1-13-3-5-18(6-4-13)21-19(22)14(2)23-20-10-15-7-16(11-20)9-17(8-15)12-20/h3-6,14-17H,7-12H2,1-2H3,(H,21,22)/t14-,15?,16?,17?,20?/m0/s1. The number of nitrogens with one attached hydrogen (secondary N) is 1. The summed E-state index contributed by atoms with van der Waals surface area (Å²) in [6.45, 7) is 4.16. The van der Waals surface area contributed by atoms with E-state index >= 15 is 0 Å². The third-order valence-electron chi connectivity index (χ3n) is 6.10. The second-order valence-corrected chi connectivity index (χ2v) is 10.0. The van der Waals surface area contributed by atoms with E-state index in [0.717, 1.165) is 23.4 Å². The number of benzene rings is 1. The lowest BCUT2D eigenvalue weighted by atomic mass is 9.56. The van der Waals surface area contributed by atoms with E-state index in [0.29, 0.717) is 4.75 Å². The number of aryl methyl sites for hydroxylation is 1. The highest BCUT2D eigenvalue weighted by Gasteiger charge is 2.52. The maximum absolute atomic E-state index is 12.6. The molecule has 0 spiro atoms. The molecule has 4 bridgehead atoms. The highest BCUT2D eigenvalue weighted by Crippen LogP contribution is 2.61. The van der Waals surface area contributed by atoms with Gasteiger partial charge in [-0.2, -0.15) is 0 Å². The highest BCUT2D eigenvalue weighted by atomic mass is 32.2. The minimum atomic E-state index is 0.0348. The van der Waals surface area contributed by atoms with Gasteiger partial charge in [0.1, 0.15) is 0 Å². The smallest absolute Gasteiger partial charge is 0.237 e. The van der Waals surface area contributed by atoms with Crippen LogP contribution in [0.4, 0.5) is 5.69 Å². The number of hydrogen-bond acceptors (Lipinski definition) is 2. The van der Waals surface area contributed by atoms with E-state index in [4.69, 9.17) is 0 Å². The summed E-state index contributed by atoms with van der Waals surface area (Å²) in [5.41, 5.74) is 2.14. The van der Waals surface area contributed by atoms with E-state index in [2.05, 4.69) is 19.2 Å². The predicted octanol–water partition coefficient (Wildman–Crippen LogP) is 5.02. The molecule has 0 radical (unpaired) electrons. The first-order valence-corrected chi connectivity index (χ1v) is 9.95. The van der Waals surface area contributed by atoms with Crippen molar-refractivity contribution in [3.63, 3.8) is 0 Å². The Kier molecular flexibility index (Phi) is 3.95. The fraction of sp³-hybridized carbons (Fsp3) is 0.650. The molecule has 0 unspecified atom stereocenters. The number of thioether (sulfide) groups is 1. The summed E-state index contributed by atoms with van der Waals surface area (Å²) in [6.07, 6.45) is 8.45. The van der Waals surface area contributed by atoms with Crippen LogP contribution >= 0.6 is 11.8 Å². The second-order valence-electron chi connectivity index (χ2n) is 8.22. The zero-order chi connectivity index (χ0) is 16.0. The van der Waals surface area contributed by atoms with Crippen LogP contribution in [0, 0.1) is 24.7 Å². The molecule has 23 heavy (non-hydrogen) atoms. The molecule has 4 saturated carbocycles. The second kappa shape index (κ2) is 5.84. The van der Waals surface area contributed by atoms with Crippen LogP contribution in [0.15, 0.2) is 24.3 Å². The Morgan fingerprint density at radius 1 is 1.09 bits per heavy atom. The molecule has 1 N–H and O–H groups in total. The number of carbonyl (C=O) groups is 1. The lowest BCUT2D eigenvalue weighted by molar-refractivity contribution is -0.115. The number of hydrogen-bond donors (Lipinski definition) is 1.